The van der Waals surface area contributed by atoms with Crippen LogP contribution in [0, 0.1) is 0 Å². The molecule has 2 heterocycles. The molecule has 190 valence electrons. The highest BCUT2D eigenvalue weighted by atomic mass is 16.4. The first-order valence-corrected chi connectivity index (χ1v) is 13.2. The predicted octanol–water partition coefficient (Wildman–Crippen LogP) is 4.13. The van der Waals surface area contributed by atoms with Gasteiger partial charge in [-0.1, -0.05) is 44.2 Å². The summed E-state index contributed by atoms with van der Waals surface area (Å²) in [5, 5.41) is 11.2. The molecule has 1 aromatic carbocycles. The number of aromatic nitrogens is 2. The monoisotopic (exact) mass is 482 g/mol. The first-order valence-electron chi connectivity index (χ1n) is 13.2. The summed E-state index contributed by atoms with van der Waals surface area (Å²) in [5.41, 5.74) is 0.524. The molecule has 1 amide bonds. The largest absolute Gasteiger partial charge is 0.480 e. The van der Waals surface area contributed by atoms with E-state index >= 15 is 0 Å². The van der Waals surface area contributed by atoms with Crippen LogP contribution in [0.25, 0.3) is 11.0 Å². The Hall–Kier alpha value is -2.74. The van der Waals surface area contributed by atoms with Gasteiger partial charge in [0.1, 0.15) is 6.54 Å². The molecule has 1 aliphatic heterocycles. The lowest BCUT2D eigenvalue weighted by atomic mass is 9.94. The maximum absolute atomic E-state index is 13.5. The highest BCUT2D eigenvalue weighted by Crippen LogP contribution is 2.35. The van der Waals surface area contributed by atoms with Crippen molar-refractivity contribution in [2.75, 3.05) is 6.54 Å². The standard InChI is InChI=1S/C27H38N4O4/c1-18-14-15-21(30(18)20-10-6-4-3-5-7-11-20)16-19(2)31-23-13-9-8-12-22(23)29-25(27(31)35)26(34)28-17-24(32)33/h8-9,12-13,18-21H,3-7,10-11,14-17H2,1-2H3,(H,28,34)(H,32,33)/t18-,19-,21-/m0/s1. The summed E-state index contributed by atoms with van der Waals surface area (Å²) in [6.07, 6.45) is 12.2. The molecule has 1 aliphatic carbocycles. The molecule has 1 saturated carbocycles. The number of likely N-dealkylation sites (tertiary alicyclic amines) is 1. The van der Waals surface area contributed by atoms with Gasteiger partial charge in [-0.25, -0.2) is 4.98 Å². The summed E-state index contributed by atoms with van der Waals surface area (Å²) < 4.78 is 1.69. The Bertz CT molecular complexity index is 1110. The molecule has 8 heteroatoms. The van der Waals surface area contributed by atoms with Gasteiger partial charge in [0.2, 0.25) is 0 Å². The van der Waals surface area contributed by atoms with Gasteiger partial charge in [0.25, 0.3) is 11.5 Å². The summed E-state index contributed by atoms with van der Waals surface area (Å²) >= 11 is 0. The van der Waals surface area contributed by atoms with Crippen LogP contribution in [0.1, 0.15) is 94.6 Å². The number of amides is 1. The van der Waals surface area contributed by atoms with Crippen molar-refractivity contribution in [2.45, 2.75) is 102 Å². The predicted molar refractivity (Wildman–Crippen MR) is 136 cm³/mol. The number of hydrogen-bond acceptors (Lipinski definition) is 5. The van der Waals surface area contributed by atoms with Crippen molar-refractivity contribution >= 4 is 22.9 Å². The van der Waals surface area contributed by atoms with Gasteiger partial charge in [-0.2, -0.15) is 0 Å². The first-order chi connectivity index (χ1) is 16.9. The van der Waals surface area contributed by atoms with Crippen LogP contribution in [0.3, 0.4) is 0 Å². The van der Waals surface area contributed by atoms with Crippen molar-refractivity contribution in [3.63, 3.8) is 0 Å². The highest BCUT2D eigenvalue weighted by molar-refractivity contribution is 5.95. The number of carbonyl (C=O) groups excluding carboxylic acids is 1. The molecule has 2 N–H and O–H groups in total. The van der Waals surface area contributed by atoms with Crippen LogP contribution in [0.5, 0.6) is 0 Å². The van der Waals surface area contributed by atoms with Gasteiger partial charge in [0, 0.05) is 24.2 Å². The van der Waals surface area contributed by atoms with Gasteiger partial charge in [0.05, 0.1) is 11.0 Å². The molecule has 0 radical (unpaired) electrons. The van der Waals surface area contributed by atoms with E-state index in [-0.39, 0.29) is 11.7 Å². The number of carboxylic acids is 1. The van der Waals surface area contributed by atoms with Crippen molar-refractivity contribution in [1.29, 1.82) is 0 Å². The van der Waals surface area contributed by atoms with Gasteiger partial charge >= 0.3 is 5.97 Å². The minimum Gasteiger partial charge on any atom is -0.480 e. The average Bonchev–Trinajstić information content (AvgIpc) is 3.16. The molecular weight excluding hydrogens is 444 g/mol. The number of benzene rings is 1. The normalized spacial score (nSPS) is 23.0. The Labute approximate surface area is 206 Å². The van der Waals surface area contributed by atoms with Crippen LogP contribution in [-0.4, -0.2) is 56.1 Å². The molecule has 0 unspecified atom stereocenters. The maximum Gasteiger partial charge on any atom is 0.322 e. The third-order valence-corrected chi connectivity index (χ3v) is 7.81. The van der Waals surface area contributed by atoms with Gasteiger partial charge < -0.3 is 15.0 Å². The SMILES string of the molecule is C[C@H]1CC[C@@H](C[C@H](C)n2c(=O)c(C(=O)NCC(=O)O)nc3ccccc32)N1C1CCCCCCC1. The first kappa shape index (κ1) is 25.4. The van der Waals surface area contributed by atoms with Gasteiger partial charge in [-0.05, 0) is 58.1 Å². The van der Waals surface area contributed by atoms with E-state index in [1.54, 1.807) is 10.6 Å². The van der Waals surface area contributed by atoms with E-state index in [1.807, 2.05) is 25.1 Å². The minimum atomic E-state index is -1.17. The molecule has 35 heavy (non-hydrogen) atoms. The fraction of sp³-hybridized carbons (Fsp3) is 0.630. The Balaban J connectivity index is 1.62. The summed E-state index contributed by atoms with van der Waals surface area (Å²) in [6.45, 7) is 3.83. The summed E-state index contributed by atoms with van der Waals surface area (Å²) in [6, 6.07) is 8.75. The highest BCUT2D eigenvalue weighted by Gasteiger charge is 2.36. The molecule has 4 rings (SSSR count). The molecule has 0 bridgehead atoms. The fourth-order valence-corrected chi connectivity index (χ4v) is 6.20. The fourth-order valence-electron chi connectivity index (χ4n) is 6.20. The molecular formula is C27H38N4O4. The number of aliphatic carboxylic acids is 1. The van der Waals surface area contributed by atoms with Crippen molar-refractivity contribution in [1.82, 2.24) is 19.8 Å². The van der Waals surface area contributed by atoms with E-state index in [0.29, 0.717) is 29.2 Å². The van der Waals surface area contributed by atoms with Crippen LogP contribution in [0.15, 0.2) is 29.1 Å². The Kier molecular flexibility index (Phi) is 8.21. The van der Waals surface area contributed by atoms with Crippen molar-refractivity contribution < 1.29 is 14.7 Å². The van der Waals surface area contributed by atoms with Crippen LogP contribution in [0.2, 0.25) is 0 Å². The zero-order valence-electron chi connectivity index (χ0n) is 20.9. The number of carboxylic acid groups (broad SMARTS) is 1. The Morgan fingerprint density at radius 3 is 2.49 bits per heavy atom. The molecule has 1 saturated heterocycles. The quantitative estimate of drug-likeness (QED) is 0.615. The van der Waals surface area contributed by atoms with Crippen molar-refractivity contribution in [3.05, 3.63) is 40.3 Å². The summed E-state index contributed by atoms with van der Waals surface area (Å²) in [7, 11) is 0. The van der Waals surface area contributed by atoms with E-state index in [9.17, 15) is 14.4 Å². The minimum absolute atomic E-state index is 0.132. The third-order valence-electron chi connectivity index (χ3n) is 7.81. The van der Waals surface area contributed by atoms with E-state index in [0.717, 1.165) is 12.8 Å². The summed E-state index contributed by atoms with van der Waals surface area (Å²) in [4.78, 5) is 44.1. The molecule has 3 atom stereocenters. The maximum atomic E-state index is 13.5. The zero-order chi connectivity index (χ0) is 24.9. The molecule has 0 spiro atoms. The number of hydrogen-bond donors (Lipinski definition) is 2. The number of fused-ring (bicyclic) bond motifs is 1. The number of carbonyl (C=O) groups is 2. The zero-order valence-corrected chi connectivity index (χ0v) is 20.9. The molecule has 2 aromatic rings. The number of nitrogens with one attached hydrogen (secondary N) is 1. The summed E-state index contributed by atoms with van der Waals surface area (Å²) in [5.74, 6) is -1.92. The van der Waals surface area contributed by atoms with E-state index in [4.69, 9.17) is 5.11 Å². The van der Waals surface area contributed by atoms with Gasteiger partial charge in [0.15, 0.2) is 5.69 Å². The van der Waals surface area contributed by atoms with Crippen molar-refractivity contribution in [3.8, 4) is 0 Å². The van der Waals surface area contributed by atoms with Gasteiger partial charge in [-0.3, -0.25) is 19.3 Å². The number of nitrogens with zero attached hydrogens (tertiary/aromatic N) is 3. The second-order valence-corrected chi connectivity index (χ2v) is 10.3. The lowest BCUT2D eigenvalue weighted by Gasteiger charge is -2.38. The van der Waals surface area contributed by atoms with Crippen LogP contribution < -0.4 is 10.9 Å². The lowest BCUT2D eigenvalue weighted by Crippen LogP contribution is -2.45. The molecule has 2 fully saturated rings. The van der Waals surface area contributed by atoms with E-state index in [2.05, 4.69) is 22.1 Å². The van der Waals surface area contributed by atoms with Crippen LogP contribution in [-0.2, 0) is 4.79 Å². The van der Waals surface area contributed by atoms with E-state index in [1.165, 1.54) is 51.4 Å². The Morgan fingerprint density at radius 1 is 1.09 bits per heavy atom. The molecule has 8 nitrogen and oxygen atoms in total. The number of para-hydroxylation sites is 2. The lowest BCUT2D eigenvalue weighted by molar-refractivity contribution is -0.135. The molecule has 2 aliphatic rings. The van der Waals surface area contributed by atoms with Crippen LogP contribution in [0.4, 0.5) is 0 Å². The second-order valence-electron chi connectivity index (χ2n) is 10.3. The second kappa shape index (κ2) is 11.3. The Morgan fingerprint density at radius 2 is 1.77 bits per heavy atom. The van der Waals surface area contributed by atoms with Crippen molar-refractivity contribution in [2.24, 2.45) is 0 Å². The number of rotatable bonds is 7. The third kappa shape index (κ3) is 5.74. The van der Waals surface area contributed by atoms with E-state index < -0.39 is 24.0 Å². The topological polar surface area (TPSA) is 105 Å². The molecule has 1 aromatic heterocycles. The van der Waals surface area contributed by atoms with Gasteiger partial charge in [-0.15, -0.1) is 0 Å². The van der Waals surface area contributed by atoms with Crippen LogP contribution >= 0.6 is 0 Å². The smallest absolute Gasteiger partial charge is 0.322 e. The average molecular weight is 483 g/mol.